The number of anilines is 3. The Hall–Kier alpha value is -2.86. The number of ether oxygens (including phenoxy) is 1. The second-order valence-electron chi connectivity index (χ2n) is 5.22. The Morgan fingerprint density at radius 1 is 1.12 bits per heavy atom. The number of nitrogens with one attached hydrogen (secondary N) is 2. The lowest BCUT2D eigenvalue weighted by atomic mass is 10.2. The van der Waals surface area contributed by atoms with Gasteiger partial charge in [0.1, 0.15) is 17.4 Å². The summed E-state index contributed by atoms with van der Waals surface area (Å²) in [6, 6.07) is 13.9. The van der Waals surface area contributed by atoms with Crippen LogP contribution in [0.2, 0.25) is 5.02 Å². The molecule has 0 saturated carbocycles. The lowest BCUT2D eigenvalue weighted by Crippen LogP contribution is -2.04. The summed E-state index contributed by atoms with van der Waals surface area (Å²) >= 11 is 5.77. The maximum absolute atomic E-state index is 13.2. The van der Waals surface area contributed by atoms with Gasteiger partial charge in [-0.15, -0.1) is 0 Å². The van der Waals surface area contributed by atoms with Crippen LogP contribution in [-0.4, -0.2) is 17.1 Å². The van der Waals surface area contributed by atoms with Crippen LogP contribution in [0.15, 0.2) is 54.7 Å². The number of halogens is 2. The third-order valence-electron chi connectivity index (χ3n) is 3.46. The molecule has 5 nitrogen and oxygen atoms in total. The molecule has 1 heterocycles. The zero-order chi connectivity index (χ0) is 17.6. The maximum atomic E-state index is 13.2. The van der Waals surface area contributed by atoms with Crippen LogP contribution in [0.5, 0.6) is 5.75 Å². The van der Waals surface area contributed by atoms with Crippen molar-refractivity contribution in [2.75, 3.05) is 17.7 Å². The molecule has 1 aromatic heterocycles. The Balaban J connectivity index is 1.65. The van der Waals surface area contributed by atoms with Gasteiger partial charge in [0.2, 0.25) is 5.95 Å². The average molecular weight is 359 g/mol. The first-order chi connectivity index (χ1) is 12.1. The van der Waals surface area contributed by atoms with Crippen molar-refractivity contribution in [3.8, 4) is 5.75 Å². The smallest absolute Gasteiger partial charge is 0.229 e. The Labute approximate surface area is 149 Å². The van der Waals surface area contributed by atoms with E-state index in [0.29, 0.717) is 24.0 Å². The monoisotopic (exact) mass is 358 g/mol. The van der Waals surface area contributed by atoms with Gasteiger partial charge >= 0.3 is 0 Å². The first-order valence-electron chi connectivity index (χ1n) is 7.56. The van der Waals surface area contributed by atoms with Gasteiger partial charge in [0, 0.05) is 18.4 Å². The molecule has 0 atom stereocenters. The van der Waals surface area contributed by atoms with E-state index in [9.17, 15) is 4.39 Å². The molecule has 3 aromatic rings. The van der Waals surface area contributed by atoms with Gasteiger partial charge in [-0.25, -0.2) is 9.37 Å². The summed E-state index contributed by atoms with van der Waals surface area (Å²) in [7, 11) is 1.64. The molecule has 3 rings (SSSR count). The zero-order valence-electron chi connectivity index (χ0n) is 13.5. The van der Waals surface area contributed by atoms with Crippen LogP contribution in [0.4, 0.5) is 21.8 Å². The van der Waals surface area contributed by atoms with Crippen LogP contribution >= 0.6 is 11.6 Å². The first-order valence-corrected chi connectivity index (χ1v) is 7.94. The molecule has 0 aliphatic heterocycles. The predicted molar refractivity (Wildman–Crippen MR) is 97.0 cm³/mol. The van der Waals surface area contributed by atoms with Gasteiger partial charge in [-0.3, -0.25) is 0 Å². The summed E-state index contributed by atoms with van der Waals surface area (Å²) < 4.78 is 18.3. The number of nitrogens with zero attached hydrogens (tertiary/aromatic N) is 2. The molecule has 0 aliphatic carbocycles. The van der Waals surface area contributed by atoms with E-state index in [1.807, 2.05) is 24.3 Å². The number of rotatable bonds is 6. The van der Waals surface area contributed by atoms with Gasteiger partial charge in [0.25, 0.3) is 0 Å². The van der Waals surface area contributed by atoms with Crippen molar-refractivity contribution in [1.82, 2.24) is 9.97 Å². The molecule has 25 heavy (non-hydrogen) atoms. The molecule has 0 spiro atoms. The zero-order valence-corrected chi connectivity index (χ0v) is 14.2. The highest BCUT2D eigenvalue weighted by molar-refractivity contribution is 6.31. The Bertz CT molecular complexity index is 858. The van der Waals surface area contributed by atoms with Gasteiger partial charge in [0.05, 0.1) is 12.1 Å². The second kappa shape index (κ2) is 7.81. The SMILES string of the molecule is COc1ccc(CNc2ccnc(Nc3ccc(F)c(Cl)c3)n2)cc1. The highest BCUT2D eigenvalue weighted by atomic mass is 35.5. The first kappa shape index (κ1) is 17.0. The van der Waals surface area contributed by atoms with Gasteiger partial charge in [-0.1, -0.05) is 23.7 Å². The molecule has 2 N–H and O–H groups in total. The second-order valence-corrected chi connectivity index (χ2v) is 5.63. The van der Waals surface area contributed by atoms with E-state index < -0.39 is 5.82 Å². The van der Waals surface area contributed by atoms with Crippen LogP contribution < -0.4 is 15.4 Å². The summed E-state index contributed by atoms with van der Waals surface area (Å²) in [6.45, 7) is 0.614. The van der Waals surface area contributed by atoms with E-state index in [1.165, 1.54) is 12.1 Å². The molecular weight excluding hydrogens is 343 g/mol. The minimum absolute atomic E-state index is 0.0405. The minimum Gasteiger partial charge on any atom is -0.497 e. The topological polar surface area (TPSA) is 59.1 Å². The van der Waals surface area contributed by atoms with Crippen molar-refractivity contribution in [1.29, 1.82) is 0 Å². The Kier molecular flexibility index (Phi) is 5.30. The van der Waals surface area contributed by atoms with E-state index in [1.54, 1.807) is 25.4 Å². The molecular formula is C18H16ClFN4O. The van der Waals surface area contributed by atoms with E-state index in [0.717, 1.165) is 11.3 Å². The van der Waals surface area contributed by atoms with E-state index >= 15 is 0 Å². The summed E-state index contributed by atoms with van der Waals surface area (Å²) in [5.41, 5.74) is 1.71. The highest BCUT2D eigenvalue weighted by Gasteiger charge is 2.04. The molecule has 0 fully saturated rings. The van der Waals surface area contributed by atoms with Crippen LogP contribution in [0.3, 0.4) is 0 Å². The summed E-state index contributed by atoms with van der Waals surface area (Å²) in [6.07, 6.45) is 1.64. The molecule has 2 aromatic carbocycles. The quantitative estimate of drug-likeness (QED) is 0.672. The van der Waals surface area contributed by atoms with Crippen molar-refractivity contribution in [3.63, 3.8) is 0 Å². The molecule has 0 aliphatic rings. The average Bonchev–Trinajstić information content (AvgIpc) is 2.64. The van der Waals surface area contributed by atoms with Crippen molar-refractivity contribution < 1.29 is 9.13 Å². The van der Waals surface area contributed by atoms with Crippen LogP contribution in [0.1, 0.15) is 5.56 Å². The lowest BCUT2D eigenvalue weighted by Gasteiger charge is -2.09. The molecule has 128 valence electrons. The van der Waals surface area contributed by atoms with Crippen LogP contribution in [0.25, 0.3) is 0 Å². The van der Waals surface area contributed by atoms with Crippen molar-refractivity contribution >= 4 is 29.1 Å². The number of methoxy groups -OCH3 is 1. The van der Waals surface area contributed by atoms with E-state index in [-0.39, 0.29) is 5.02 Å². The molecule has 0 bridgehead atoms. The van der Waals surface area contributed by atoms with Crippen LogP contribution in [-0.2, 0) is 6.54 Å². The fourth-order valence-corrected chi connectivity index (χ4v) is 2.34. The minimum atomic E-state index is -0.469. The van der Waals surface area contributed by atoms with Crippen molar-refractivity contribution in [2.45, 2.75) is 6.54 Å². The van der Waals surface area contributed by atoms with E-state index in [2.05, 4.69) is 20.6 Å². The van der Waals surface area contributed by atoms with Gasteiger partial charge in [0.15, 0.2) is 0 Å². The summed E-state index contributed by atoms with van der Waals surface area (Å²) in [4.78, 5) is 8.52. The predicted octanol–water partition coefficient (Wildman–Crippen LogP) is 4.63. The van der Waals surface area contributed by atoms with Crippen LogP contribution in [0, 0.1) is 5.82 Å². The van der Waals surface area contributed by atoms with Gasteiger partial charge in [-0.2, -0.15) is 4.98 Å². The Morgan fingerprint density at radius 2 is 1.92 bits per heavy atom. The van der Waals surface area contributed by atoms with Crippen molar-refractivity contribution in [2.24, 2.45) is 0 Å². The number of aromatic nitrogens is 2. The fraction of sp³-hybridized carbons (Fsp3) is 0.111. The lowest BCUT2D eigenvalue weighted by molar-refractivity contribution is 0.414. The maximum Gasteiger partial charge on any atom is 0.229 e. The molecule has 0 saturated heterocycles. The summed E-state index contributed by atoms with van der Waals surface area (Å²) in [5.74, 6) is 1.40. The van der Waals surface area contributed by atoms with Gasteiger partial charge in [-0.05, 0) is 42.0 Å². The number of hydrogen-bond acceptors (Lipinski definition) is 5. The molecule has 0 radical (unpaired) electrons. The highest BCUT2D eigenvalue weighted by Crippen LogP contribution is 2.21. The molecule has 0 unspecified atom stereocenters. The van der Waals surface area contributed by atoms with Gasteiger partial charge < -0.3 is 15.4 Å². The molecule has 0 amide bonds. The standard InChI is InChI=1S/C18H16ClFN4O/c1-25-14-5-2-12(3-6-14)11-22-17-8-9-21-18(24-17)23-13-4-7-16(20)15(19)10-13/h2-10H,11H2,1H3,(H2,21,22,23,24). The number of benzene rings is 2. The largest absolute Gasteiger partial charge is 0.497 e. The fourth-order valence-electron chi connectivity index (χ4n) is 2.16. The third kappa shape index (κ3) is 4.58. The Morgan fingerprint density at radius 3 is 2.64 bits per heavy atom. The number of hydrogen-bond donors (Lipinski definition) is 2. The van der Waals surface area contributed by atoms with E-state index in [4.69, 9.17) is 16.3 Å². The summed E-state index contributed by atoms with van der Waals surface area (Å²) in [5, 5.41) is 6.26. The molecule has 7 heteroatoms. The normalized spacial score (nSPS) is 10.4. The van der Waals surface area contributed by atoms with Crippen molar-refractivity contribution in [3.05, 3.63) is 71.1 Å². The third-order valence-corrected chi connectivity index (χ3v) is 3.75.